The number of nitrogens with two attached hydrogens (primary N) is 1. The van der Waals surface area contributed by atoms with Crippen LogP contribution in [0.15, 0.2) is 12.1 Å². The van der Waals surface area contributed by atoms with Crippen LogP contribution >= 0.6 is 0 Å². The second kappa shape index (κ2) is 7.79. The monoisotopic (exact) mass is 287 g/mol. The molecule has 1 aromatic carbocycles. The van der Waals surface area contributed by atoms with E-state index in [4.69, 9.17) is 15.2 Å². The van der Waals surface area contributed by atoms with Crippen molar-refractivity contribution in [3.63, 3.8) is 0 Å². The Kier molecular flexibility index (Phi) is 6.38. The lowest BCUT2D eigenvalue weighted by atomic mass is 10.1. The van der Waals surface area contributed by atoms with Crippen LogP contribution in [0.4, 0.5) is 14.5 Å². The predicted molar refractivity (Wildman–Crippen MR) is 71.3 cm³/mol. The Morgan fingerprint density at radius 2 is 1.90 bits per heavy atom. The number of halogens is 2. The highest BCUT2D eigenvalue weighted by Crippen LogP contribution is 2.17. The van der Waals surface area contributed by atoms with E-state index in [0.29, 0.717) is 18.6 Å². The summed E-state index contributed by atoms with van der Waals surface area (Å²) < 4.78 is 36.4. The largest absolute Gasteiger partial charge is 0.460 e. The van der Waals surface area contributed by atoms with Crippen LogP contribution in [-0.4, -0.2) is 25.8 Å². The first-order chi connectivity index (χ1) is 9.41. The maximum absolute atomic E-state index is 13.4. The van der Waals surface area contributed by atoms with Crippen molar-refractivity contribution in [1.82, 2.24) is 0 Å². The minimum Gasteiger partial charge on any atom is -0.460 e. The molecule has 0 spiro atoms. The summed E-state index contributed by atoms with van der Waals surface area (Å²) in [6, 6.07) is 1.48. The minimum atomic E-state index is -0.998. The van der Waals surface area contributed by atoms with E-state index in [1.54, 1.807) is 0 Å². The third kappa shape index (κ3) is 5.13. The van der Waals surface area contributed by atoms with Crippen LogP contribution in [0.5, 0.6) is 0 Å². The van der Waals surface area contributed by atoms with Gasteiger partial charge in [-0.3, -0.25) is 0 Å². The summed E-state index contributed by atoms with van der Waals surface area (Å²) in [5, 5.41) is 0. The number of nitrogen functional groups attached to an aromatic ring is 1. The van der Waals surface area contributed by atoms with Gasteiger partial charge in [0.25, 0.3) is 0 Å². The van der Waals surface area contributed by atoms with E-state index in [1.165, 1.54) is 0 Å². The van der Waals surface area contributed by atoms with Gasteiger partial charge in [0.05, 0.1) is 17.9 Å². The molecular weight excluding hydrogens is 268 g/mol. The molecule has 0 saturated heterocycles. The lowest BCUT2D eigenvalue weighted by Crippen LogP contribution is -2.13. The standard InChI is InChI=1S/C14H19F2NO3/c1-9(2)3-4-19-5-6-20-14(18)10-7-13(17)12(16)8-11(10)15/h7-9H,3-6,17H2,1-2H3. The van der Waals surface area contributed by atoms with Crippen LogP contribution in [0, 0.1) is 17.6 Å². The van der Waals surface area contributed by atoms with Crippen molar-refractivity contribution in [2.45, 2.75) is 20.3 Å². The van der Waals surface area contributed by atoms with Crippen LogP contribution in [0.1, 0.15) is 30.6 Å². The summed E-state index contributed by atoms with van der Waals surface area (Å²) in [5.74, 6) is -2.26. The van der Waals surface area contributed by atoms with Crippen molar-refractivity contribution >= 4 is 11.7 Å². The van der Waals surface area contributed by atoms with Gasteiger partial charge >= 0.3 is 5.97 Å². The Labute approximate surface area is 116 Å². The van der Waals surface area contributed by atoms with Crippen LogP contribution in [0.3, 0.4) is 0 Å². The fourth-order valence-electron chi connectivity index (χ4n) is 1.41. The van der Waals surface area contributed by atoms with Crippen LogP contribution in [0.25, 0.3) is 0 Å². The molecule has 112 valence electrons. The molecule has 0 aromatic heterocycles. The normalized spacial score (nSPS) is 10.8. The molecule has 6 heteroatoms. The lowest BCUT2D eigenvalue weighted by Gasteiger charge is -2.08. The van der Waals surface area contributed by atoms with E-state index in [-0.39, 0.29) is 24.5 Å². The quantitative estimate of drug-likeness (QED) is 0.476. The molecule has 0 aliphatic rings. The Hall–Kier alpha value is -1.69. The Morgan fingerprint density at radius 3 is 2.55 bits per heavy atom. The van der Waals surface area contributed by atoms with Gasteiger partial charge in [-0.2, -0.15) is 0 Å². The number of hydrogen-bond donors (Lipinski definition) is 1. The summed E-state index contributed by atoms with van der Waals surface area (Å²) in [4.78, 5) is 11.6. The second-order valence-electron chi connectivity index (χ2n) is 4.78. The number of benzene rings is 1. The van der Waals surface area contributed by atoms with Gasteiger partial charge in [0.2, 0.25) is 0 Å². The van der Waals surface area contributed by atoms with Gasteiger partial charge in [-0.1, -0.05) is 13.8 Å². The topological polar surface area (TPSA) is 61.5 Å². The Morgan fingerprint density at radius 1 is 1.20 bits per heavy atom. The summed E-state index contributed by atoms with van der Waals surface area (Å²) in [5.41, 5.74) is 4.59. The number of ether oxygens (including phenoxy) is 2. The van der Waals surface area contributed by atoms with E-state index in [9.17, 15) is 13.6 Å². The fourth-order valence-corrected chi connectivity index (χ4v) is 1.41. The van der Waals surface area contributed by atoms with Gasteiger partial charge in [0, 0.05) is 12.7 Å². The molecule has 1 rings (SSSR count). The van der Waals surface area contributed by atoms with E-state index >= 15 is 0 Å². The molecule has 0 heterocycles. The van der Waals surface area contributed by atoms with Gasteiger partial charge in [0.1, 0.15) is 18.2 Å². The number of anilines is 1. The van der Waals surface area contributed by atoms with Crippen molar-refractivity contribution in [3.8, 4) is 0 Å². The first kappa shape index (κ1) is 16.4. The van der Waals surface area contributed by atoms with Gasteiger partial charge in [-0.15, -0.1) is 0 Å². The Balaban J connectivity index is 2.38. The molecule has 0 aliphatic heterocycles. The number of esters is 1. The fraction of sp³-hybridized carbons (Fsp3) is 0.500. The zero-order valence-corrected chi connectivity index (χ0v) is 11.6. The van der Waals surface area contributed by atoms with E-state index < -0.39 is 17.6 Å². The molecule has 4 nitrogen and oxygen atoms in total. The van der Waals surface area contributed by atoms with Gasteiger partial charge in [-0.05, 0) is 18.4 Å². The number of carbonyl (C=O) groups excluding carboxylic acids is 1. The maximum Gasteiger partial charge on any atom is 0.341 e. The maximum atomic E-state index is 13.4. The van der Waals surface area contributed by atoms with Gasteiger partial charge in [0.15, 0.2) is 0 Å². The SMILES string of the molecule is CC(C)CCOCCOC(=O)c1cc(N)c(F)cc1F. The summed E-state index contributed by atoms with van der Waals surface area (Å²) >= 11 is 0. The molecule has 0 fully saturated rings. The molecule has 0 aliphatic carbocycles. The zero-order valence-electron chi connectivity index (χ0n) is 11.6. The number of rotatable bonds is 7. The molecule has 0 saturated carbocycles. The van der Waals surface area contributed by atoms with E-state index in [2.05, 4.69) is 13.8 Å². The van der Waals surface area contributed by atoms with E-state index in [0.717, 1.165) is 12.5 Å². The van der Waals surface area contributed by atoms with Crippen molar-refractivity contribution in [3.05, 3.63) is 29.3 Å². The smallest absolute Gasteiger partial charge is 0.341 e. The Bertz CT molecular complexity index is 464. The van der Waals surface area contributed by atoms with Crippen molar-refractivity contribution in [2.75, 3.05) is 25.6 Å². The van der Waals surface area contributed by atoms with E-state index in [1.807, 2.05) is 0 Å². The molecular formula is C14H19F2NO3. The third-order valence-corrected chi connectivity index (χ3v) is 2.61. The zero-order chi connectivity index (χ0) is 15.1. The second-order valence-corrected chi connectivity index (χ2v) is 4.78. The van der Waals surface area contributed by atoms with Gasteiger partial charge in [-0.25, -0.2) is 13.6 Å². The highest BCUT2D eigenvalue weighted by molar-refractivity contribution is 5.90. The average Bonchev–Trinajstić information content (AvgIpc) is 2.37. The first-order valence-corrected chi connectivity index (χ1v) is 6.41. The summed E-state index contributed by atoms with van der Waals surface area (Å²) in [7, 11) is 0. The third-order valence-electron chi connectivity index (χ3n) is 2.61. The highest BCUT2D eigenvalue weighted by Gasteiger charge is 2.16. The first-order valence-electron chi connectivity index (χ1n) is 6.41. The summed E-state index contributed by atoms with van der Waals surface area (Å²) in [6.07, 6.45) is 0.914. The summed E-state index contributed by atoms with van der Waals surface area (Å²) in [6.45, 7) is 4.97. The number of carbonyl (C=O) groups is 1. The molecule has 0 radical (unpaired) electrons. The molecule has 2 N–H and O–H groups in total. The van der Waals surface area contributed by atoms with Crippen molar-refractivity contribution < 1.29 is 23.0 Å². The van der Waals surface area contributed by atoms with Crippen molar-refractivity contribution in [2.24, 2.45) is 5.92 Å². The molecule has 0 atom stereocenters. The minimum absolute atomic E-state index is 0.00759. The van der Waals surface area contributed by atoms with Crippen LogP contribution in [-0.2, 0) is 9.47 Å². The van der Waals surface area contributed by atoms with Crippen LogP contribution in [0.2, 0.25) is 0 Å². The average molecular weight is 287 g/mol. The van der Waals surface area contributed by atoms with Crippen molar-refractivity contribution in [1.29, 1.82) is 0 Å². The molecule has 1 aromatic rings. The molecule has 20 heavy (non-hydrogen) atoms. The molecule has 0 amide bonds. The van der Waals surface area contributed by atoms with Gasteiger partial charge < -0.3 is 15.2 Å². The lowest BCUT2D eigenvalue weighted by molar-refractivity contribution is 0.0299. The highest BCUT2D eigenvalue weighted by atomic mass is 19.1. The predicted octanol–water partition coefficient (Wildman–Crippen LogP) is 2.77. The molecule has 0 unspecified atom stereocenters. The number of hydrogen-bond acceptors (Lipinski definition) is 4. The van der Waals surface area contributed by atoms with Crippen LogP contribution < -0.4 is 5.73 Å². The molecule has 0 bridgehead atoms.